The number of aromatic nitrogens is 5. The minimum Gasteiger partial charge on any atom is -0.381 e. The van der Waals surface area contributed by atoms with Crippen LogP contribution in [0.1, 0.15) is 43.1 Å². The molecule has 0 bridgehead atoms. The van der Waals surface area contributed by atoms with E-state index in [0.29, 0.717) is 30.2 Å². The van der Waals surface area contributed by atoms with Gasteiger partial charge in [-0.1, -0.05) is 37.3 Å². The van der Waals surface area contributed by atoms with Gasteiger partial charge in [-0.15, -0.1) is 10.2 Å². The lowest BCUT2D eigenvalue weighted by molar-refractivity contribution is -0.0127. The summed E-state index contributed by atoms with van der Waals surface area (Å²) >= 11 is 0. The van der Waals surface area contributed by atoms with Crippen LogP contribution in [0.5, 0.6) is 0 Å². The Bertz CT molecular complexity index is 1050. The largest absolute Gasteiger partial charge is 0.381 e. The lowest BCUT2D eigenvalue weighted by Gasteiger charge is -2.37. The number of pyridine rings is 1. The van der Waals surface area contributed by atoms with Crippen LogP contribution in [-0.4, -0.2) is 44.7 Å². The van der Waals surface area contributed by atoms with Gasteiger partial charge in [-0.25, -0.2) is 8.78 Å². The highest BCUT2D eigenvalue weighted by Crippen LogP contribution is 2.47. The van der Waals surface area contributed by atoms with Crippen LogP contribution in [0.2, 0.25) is 0 Å². The van der Waals surface area contributed by atoms with Crippen LogP contribution in [-0.2, 0) is 23.0 Å². The number of fused-ring (bicyclic) bond motifs is 1. The number of alkyl halides is 2. The van der Waals surface area contributed by atoms with E-state index in [1.165, 1.54) is 0 Å². The standard InChI is InChI=1S/C22H23F2N5O/c1-21(9-11-30-12-10-21)19-18(20-26-28-29-27-20)17(14-5-3-2-4-6-14)15-13-22(23,24)8-7-16(15)25-19/h2-6H,7-13H2,1H3,(H,26,27,28,29). The fourth-order valence-electron chi connectivity index (χ4n) is 4.62. The molecule has 1 fully saturated rings. The van der Waals surface area contributed by atoms with Crippen molar-refractivity contribution in [2.24, 2.45) is 0 Å². The van der Waals surface area contributed by atoms with Crippen molar-refractivity contribution in [1.29, 1.82) is 0 Å². The van der Waals surface area contributed by atoms with Gasteiger partial charge in [0.25, 0.3) is 5.92 Å². The maximum atomic E-state index is 14.5. The molecule has 8 heteroatoms. The van der Waals surface area contributed by atoms with Crippen molar-refractivity contribution in [3.8, 4) is 22.5 Å². The number of halogens is 2. The minimum atomic E-state index is -2.75. The van der Waals surface area contributed by atoms with Crippen LogP contribution >= 0.6 is 0 Å². The predicted molar refractivity (Wildman–Crippen MR) is 107 cm³/mol. The average Bonchev–Trinajstić information content (AvgIpc) is 3.27. The van der Waals surface area contributed by atoms with Gasteiger partial charge in [0.05, 0.1) is 11.3 Å². The van der Waals surface area contributed by atoms with Crippen molar-refractivity contribution in [2.45, 2.75) is 50.4 Å². The summed E-state index contributed by atoms with van der Waals surface area (Å²) < 4.78 is 34.6. The fourth-order valence-corrected chi connectivity index (χ4v) is 4.62. The van der Waals surface area contributed by atoms with Crippen LogP contribution < -0.4 is 0 Å². The third-order valence-electron chi connectivity index (χ3n) is 6.35. The second kappa shape index (κ2) is 7.19. The third kappa shape index (κ3) is 3.29. The summed E-state index contributed by atoms with van der Waals surface area (Å²) in [4.78, 5) is 5.01. The second-order valence-electron chi connectivity index (χ2n) is 8.44. The molecule has 0 amide bonds. The van der Waals surface area contributed by atoms with Gasteiger partial charge in [0.15, 0.2) is 0 Å². The number of tetrazole rings is 1. The van der Waals surface area contributed by atoms with Gasteiger partial charge in [0, 0.05) is 37.2 Å². The van der Waals surface area contributed by atoms with Crippen LogP contribution in [0.3, 0.4) is 0 Å². The zero-order valence-corrected chi connectivity index (χ0v) is 16.8. The molecule has 1 aliphatic heterocycles. The Hall–Kier alpha value is -2.74. The molecule has 2 aliphatic rings. The number of rotatable bonds is 3. The fraction of sp³-hybridized carbons (Fsp3) is 0.455. The highest BCUT2D eigenvalue weighted by molar-refractivity contribution is 5.86. The summed E-state index contributed by atoms with van der Waals surface area (Å²) in [5.41, 5.74) is 4.28. The zero-order valence-electron chi connectivity index (χ0n) is 16.8. The first kappa shape index (κ1) is 19.2. The van der Waals surface area contributed by atoms with E-state index in [4.69, 9.17) is 9.72 Å². The molecule has 5 rings (SSSR count). The van der Waals surface area contributed by atoms with Crippen molar-refractivity contribution >= 4 is 0 Å². The molecule has 1 aliphatic carbocycles. The number of nitrogens with one attached hydrogen (secondary N) is 1. The maximum absolute atomic E-state index is 14.5. The van der Waals surface area contributed by atoms with Crippen molar-refractivity contribution < 1.29 is 13.5 Å². The van der Waals surface area contributed by atoms with Gasteiger partial charge in [0.1, 0.15) is 0 Å². The molecule has 0 atom stereocenters. The van der Waals surface area contributed by atoms with Gasteiger partial charge in [0.2, 0.25) is 5.82 Å². The summed E-state index contributed by atoms with van der Waals surface area (Å²) in [6, 6.07) is 9.64. The van der Waals surface area contributed by atoms with Crippen molar-refractivity contribution in [1.82, 2.24) is 25.6 Å². The summed E-state index contributed by atoms with van der Waals surface area (Å²) in [6.45, 7) is 3.44. The van der Waals surface area contributed by atoms with E-state index >= 15 is 0 Å². The summed E-state index contributed by atoms with van der Waals surface area (Å²) in [6.07, 6.45) is 1.35. The Morgan fingerprint density at radius 2 is 1.80 bits per heavy atom. The Kier molecular flexibility index (Phi) is 4.61. The SMILES string of the molecule is CC1(c2nc3c(c(-c4ccccc4)c2-c2nn[nH]n2)CC(F)(F)CC3)CCOCC1. The first-order valence-corrected chi connectivity index (χ1v) is 10.3. The van der Waals surface area contributed by atoms with E-state index in [0.717, 1.165) is 35.4 Å². The molecular weight excluding hydrogens is 388 g/mol. The van der Waals surface area contributed by atoms with E-state index in [2.05, 4.69) is 27.5 Å². The Morgan fingerprint density at radius 1 is 1.03 bits per heavy atom. The van der Waals surface area contributed by atoms with Crippen LogP contribution in [0.25, 0.3) is 22.5 Å². The van der Waals surface area contributed by atoms with Gasteiger partial charge in [-0.05, 0) is 41.2 Å². The lowest BCUT2D eigenvalue weighted by Crippen LogP contribution is -2.34. The number of aryl methyl sites for hydroxylation is 1. The quantitative estimate of drug-likeness (QED) is 0.702. The Balaban J connectivity index is 1.85. The van der Waals surface area contributed by atoms with E-state index in [9.17, 15) is 8.78 Å². The van der Waals surface area contributed by atoms with Gasteiger partial charge >= 0.3 is 0 Å². The number of hydrogen-bond donors (Lipinski definition) is 1. The molecule has 3 aromatic rings. The molecule has 1 saturated heterocycles. The minimum absolute atomic E-state index is 0.179. The maximum Gasteiger partial charge on any atom is 0.252 e. The Labute approximate surface area is 173 Å². The number of aromatic amines is 1. The molecule has 6 nitrogen and oxygen atoms in total. The van der Waals surface area contributed by atoms with Crippen molar-refractivity contribution in [3.05, 3.63) is 47.3 Å². The number of ether oxygens (including phenoxy) is 1. The normalized spacial score (nSPS) is 20.0. The molecular formula is C22H23F2N5O. The molecule has 30 heavy (non-hydrogen) atoms. The first-order chi connectivity index (χ1) is 14.5. The highest BCUT2D eigenvalue weighted by atomic mass is 19.3. The summed E-state index contributed by atoms with van der Waals surface area (Å²) in [5, 5.41) is 14.7. The smallest absolute Gasteiger partial charge is 0.252 e. The monoisotopic (exact) mass is 411 g/mol. The number of H-pyrrole nitrogens is 1. The zero-order chi connectivity index (χ0) is 20.8. The van der Waals surface area contributed by atoms with E-state index in [1.807, 2.05) is 30.3 Å². The third-order valence-corrected chi connectivity index (χ3v) is 6.35. The van der Waals surface area contributed by atoms with Crippen molar-refractivity contribution in [2.75, 3.05) is 13.2 Å². The number of benzene rings is 1. The van der Waals surface area contributed by atoms with Gasteiger partial charge < -0.3 is 4.74 Å². The summed E-state index contributed by atoms with van der Waals surface area (Å²) in [5.74, 6) is -2.36. The topological polar surface area (TPSA) is 76.6 Å². The van der Waals surface area contributed by atoms with Gasteiger partial charge in [-0.3, -0.25) is 4.98 Å². The average molecular weight is 411 g/mol. The molecule has 1 aromatic carbocycles. The number of hydrogen-bond acceptors (Lipinski definition) is 5. The summed E-state index contributed by atoms with van der Waals surface area (Å²) in [7, 11) is 0. The van der Waals surface area contributed by atoms with E-state index < -0.39 is 5.92 Å². The first-order valence-electron chi connectivity index (χ1n) is 10.3. The molecule has 2 aromatic heterocycles. The molecule has 0 radical (unpaired) electrons. The molecule has 0 saturated carbocycles. The van der Waals surface area contributed by atoms with E-state index in [1.54, 1.807) is 0 Å². The van der Waals surface area contributed by atoms with Crippen LogP contribution in [0.15, 0.2) is 30.3 Å². The van der Waals surface area contributed by atoms with Crippen LogP contribution in [0, 0.1) is 0 Å². The van der Waals surface area contributed by atoms with Crippen LogP contribution in [0.4, 0.5) is 8.78 Å². The van der Waals surface area contributed by atoms with Crippen molar-refractivity contribution in [3.63, 3.8) is 0 Å². The molecule has 1 N–H and O–H groups in total. The molecule has 156 valence electrons. The second-order valence-corrected chi connectivity index (χ2v) is 8.44. The lowest BCUT2D eigenvalue weighted by atomic mass is 9.74. The highest BCUT2D eigenvalue weighted by Gasteiger charge is 2.41. The Morgan fingerprint density at radius 3 is 2.50 bits per heavy atom. The van der Waals surface area contributed by atoms with E-state index in [-0.39, 0.29) is 24.7 Å². The number of nitrogens with zero attached hydrogens (tertiary/aromatic N) is 4. The molecule has 3 heterocycles. The molecule has 0 spiro atoms. The predicted octanol–water partition coefficient (Wildman–Crippen LogP) is 4.12. The molecule has 0 unspecified atom stereocenters. The van der Waals surface area contributed by atoms with Gasteiger partial charge in [-0.2, -0.15) is 5.21 Å².